The molecule has 0 saturated heterocycles. The van der Waals surface area contributed by atoms with Crippen LogP contribution >= 0.6 is 0 Å². The Morgan fingerprint density at radius 1 is 1.32 bits per heavy atom. The van der Waals surface area contributed by atoms with Gasteiger partial charge in [0.1, 0.15) is 11.8 Å². The molecule has 19 heavy (non-hydrogen) atoms. The number of para-hydroxylation sites is 1. The fraction of sp³-hybridized carbons (Fsp3) is 0.200. The Hall–Kier alpha value is -2.54. The summed E-state index contributed by atoms with van der Waals surface area (Å²) in [4.78, 5) is 0. The predicted molar refractivity (Wildman–Crippen MR) is 71.7 cm³/mol. The molecule has 4 nitrogen and oxygen atoms in total. The molecule has 0 N–H and O–H groups in total. The van der Waals surface area contributed by atoms with E-state index in [2.05, 4.69) is 15.8 Å². The summed E-state index contributed by atoms with van der Waals surface area (Å²) in [6, 6.07) is 10.2. The minimum atomic E-state index is 0.670. The lowest BCUT2D eigenvalue weighted by molar-refractivity contribution is 0.392. The van der Waals surface area contributed by atoms with E-state index in [0.29, 0.717) is 12.1 Å². The first-order valence-corrected chi connectivity index (χ1v) is 6.10. The van der Waals surface area contributed by atoms with E-state index >= 15 is 0 Å². The van der Waals surface area contributed by atoms with Gasteiger partial charge in [-0.05, 0) is 19.9 Å². The van der Waals surface area contributed by atoms with Gasteiger partial charge >= 0.3 is 0 Å². The van der Waals surface area contributed by atoms with Crippen LogP contribution in [0.2, 0.25) is 0 Å². The second-order valence-corrected chi connectivity index (χ2v) is 4.60. The third-order valence-corrected chi connectivity index (χ3v) is 3.42. The molecule has 0 aliphatic heterocycles. The molecule has 3 rings (SSSR count). The molecule has 94 valence electrons. The van der Waals surface area contributed by atoms with Gasteiger partial charge in [0.05, 0.1) is 17.8 Å². The lowest BCUT2D eigenvalue weighted by Gasteiger charge is -2.04. The topological polar surface area (TPSA) is 54.8 Å². The van der Waals surface area contributed by atoms with Crippen molar-refractivity contribution in [1.29, 1.82) is 5.26 Å². The van der Waals surface area contributed by atoms with E-state index in [1.807, 2.05) is 44.3 Å². The first-order chi connectivity index (χ1) is 9.20. The highest BCUT2D eigenvalue weighted by Gasteiger charge is 2.13. The zero-order valence-corrected chi connectivity index (χ0v) is 10.8. The number of rotatable bonds is 2. The maximum Gasteiger partial charge on any atom is 0.138 e. The fourth-order valence-corrected chi connectivity index (χ4v) is 2.36. The van der Waals surface area contributed by atoms with Crippen molar-refractivity contribution in [3.05, 3.63) is 53.0 Å². The van der Waals surface area contributed by atoms with Gasteiger partial charge in [-0.15, -0.1) is 0 Å². The lowest BCUT2D eigenvalue weighted by Crippen LogP contribution is -1.99. The van der Waals surface area contributed by atoms with E-state index in [1.165, 1.54) is 0 Å². The summed E-state index contributed by atoms with van der Waals surface area (Å²) < 4.78 is 7.25. The maximum absolute atomic E-state index is 9.19. The number of aryl methyl sites for hydroxylation is 2. The second-order valence-electron chi connectivity index (χ2n) is 4.60. The minimum Gasteiger partial charge on any atom is -0.361 e. The molecule has 1 aromatic carbocycles. The second kappa shape index (κ2) is 4.29. The van der Waals surface area contributed by atoms with E-state index in [1.54, 1.807) is 0 Å². The number of fused-ring (bicyclic) bond motifs is 1. The summed E-state index contributed by atoms with van der Waals surface area (Å²) in [7, 11) is 0. The summed E-state index contributed by atoms with van der Waals surface area (Å²) in [6.07, 6.45) is 1.89. The largest absolute Gasteiger partial charge is 0.361 e. The molecule has 0 saturated carbocycles. The Bertz CT molecular complexity index is 770. The predicted octanol–water partition coefficient (Wildman–Crippen LogP) is 3.17. The summed E-state index contributed by atoms with van der Waals surface area (Å²) in [5, 5.41) is 14.1. The summed E-state index contributed by atoms with van der Waals surface area (Å²) in [5.74, 6) is 0.828. The molecule has 2 aromatic heterocycles. The molecule has 0 aliphatic carbocycles. The molecular weight excluding hydrogens is 238 g/mol. The number of hydrogen-bond donors (Lipinski definition) is 0. The standard InChI is InChI=1S/C15H13N3O/c1-10-14(11(2)19-17-10)9-18-8-12(7-16)13-5-3-4-6-15(13)18/h3-6,8H,9H2,1-2H3. The number of benzene rings is 1. The molecule has 0 aliphatic rings. The molecule has 0 spiro atoms. The Balaban J connectivity index is 2.14. The Kier molecular flexibility index (Phi) is 2.60. The average Bonchev–Trinajstić information content (AvgIpc) is 2.94. The zero-order chi connectivity index (χ0) is 13.4. The van der Waals surface area contributed by atoms with Crippen molar-refractivity contribution in [3.63, 3.8) is 0 Å². The van der Waals surface area contributed by atoms with Crippen LogP contribution in [0.3, 0.4) is 0 Å². The minimum absolute atomic E-state index is 0.670. The van der Waals surface area contributed by atoms with Crippen LogP contribution in [0.1, 0.15) is 22.6 Å². The summed E-state index contributed by atoms with van der Waals surface area (Å²) in [5.41, 5.74) is 3.72. The number of hydrogen-bond acceptors (Lipinski definition) is 3. The van der Waals surface area contributed by atoms with Crippen molar-refractivity contribution < 1.29 is 4.52 Å². The Morgan fingerprint density at radius 2 is 2.11 bits per heavy atom. The number of nitriles is 1. The van der Waals surface area contributed by atoms with Gasteiger partial charge in [0, 0.05) is 22.7 Å². The molecule has 0 bridgehead atoms. The number of nitrogens with zero attached hydrogens (tertiary/aromatic N) is 3. The quantitative estimate of drug-likeness (QED) is 0.703. The highest BCUT2D eigenvalue weighted by molar-refractivity contribution is 5.86. The highest BCUT2D eigenvalue weighted by Crippen LogP contribution is 2.23. The van der Waals surface area contributed by atoms with Crippen LogP contribution in [-0.4, -0.2) is 9.72 Å². The fourth-order valence-electron chi connectivity index (χ4n) is 2.36. The molecular formula is C15H13N3O. The van der Waals surface area contributed by atoms with Crippen molar-refractivity contribution in [1.82, 2.24) is 9.72 Å². The average molecular weight is 251 g/mol. The Morgan fingerprint density at radius 3 is 2.79 bits per heavy atom. The van der Waals surface area contributed by atoms with Crippen molar-refractivity contribution in [3.8, 4) is 6.07 Å². The van der Waals surface area contributed by atoms with Crippen molar-refractivity contribution >= 4 is 10.9 Å². The molecule has 0 fully saturated rings. The molecule has 0 amide bonds. The first-order valence-electron chi connectivity index (χ1n) is 6.10. The van der Waals surface area contributed by atoms with Gasteiger partial charge in [-0.1, -0.05) is 23.4 Å². The first kappa shape index (κ1) is 11.5. The van der Waals surface area contributed by atoms with Crippen LogP contribution < -0.4 is 0 Å². The smallest absolute Gasteiger partial charge is 0.138 e. The van der Waals surface area contributed by atoms with E-state index < -0.39 is 0 Å². The van der Waals surface area contributed by atoms with Crippen LogP contribution in [0.15, 0.2) is 35.0 Å². The van der Waals surface area contributed by atoms with Gasteiger partial charge < -0.3 is 9.09 Å². The highest BCUT2D eigenvalue weighted by atomic mass is 16.5. The molecule has 2 heterocycles. The third-order valence-electron chi connectivity index (χ3n) is 3.42. The summed E-state index contributed by atoms with van der Waals surface area (Å²) >= 11 is 0. The van der Waals surface area contributed by atoms with Crippen LogP contribution in [0.5, 0.6) is 0 Å². The van der Waals surface area contributed by atoms with E-state index in [4.69, 9.17) is 4.52 Å². The van der Waals surface area contributed by atoms with Crippen LogP contribution in [-0.2, 0) is 6.54 Å². The monoisotopic (exact) mass is 251 g/mol. The van der Waals surface area contributed by atoms with Gasteiger partial charge in [-0.2, -0.15) is 5.26 Å². The van der Waals surface area contributed by atoms with E-state index in [0.717, 1.165) is 27.9 Å². The van der Waals surface area contributed by atoms with Crippen LogP contribution in [0.4, 0.5) is 0 Å². The molecule has 0 radical (unpaired) electrons. The van der Waals surface area contributed by atoms with Gasteiger partial charge in [0.2, 0.25) is 0 Å². The van der Waals surface area contributed by atoms with Gasteiger partial charge in [-0.3, -0.25) is 0 Å². The normalized spacial score (nSPS) is 10.8. The SMILES string of the molecule is Cc1noc(C)c1Cn1cc(C#N)c2ccccc21. The third kappa shape index (κ3) is 1.80. The van der Waals surface area contributed by atoms with Crippen LogP contribution in [0, 0.1) is 25.2 Å². The molecule has 0 atom stereocenters. The lowest BCUT2D eigenvalue weighted by atomic mass is 10.2. The van der Waals surface area contributed by atoms with Crippen molar-refractivity contribution in [2.45, 2.75) is 20.4 Å². The Labute approximate surface area is 110 Å². The van der Waals surface area contributed by atoms with Crippen molar-refractivity contribution in [2.24, 2.45) is 0 Å². The molecule has 0 unspecified atom stereocenters. The molecule has 3 aromatic rings. The van der Waals surface area contributed by atoms with E-state index in [-0.39, 0.29) is 0 Å². The van der Waals surface area contributed by atoms with Gasteiger partial charge in [-0.25, -0.2) is 0 Å². The van der Waals surface area contributed by atoms with Gasteiger partial charge in [0.25, 0.3) is 0 Å². The van der Waals surface area contributed by atoms with Crippen LogP contribution in [0.25, 0.3) is 10.9 Å². The van der Waals surface area contributed by atoms with Crippen molar-refractivity contribution in [2.75, 3.05) is 0 Å². The van der Waals surface area contributed by atoms with E-state index in [9.17, 15) is 5.26 Å². The maximum atomic E-state index is 9.19. The van der Waals surface area contributed by atoms with Gasteiger partial charge in [0.15, 0.2) is 0 Å². The summed E-state index contributed by atoms with van der Waals surface area (Å²) in [6.45, 7) is 4.51. The zero-order valence-electron chi connectivity index (χ0n) is 10.8. The number of aromatic nitrogens is 2. The molecule has 4 heteroatoms.